The monoisotopic (exact) mass is 229 g/mol. The van der Waals surface area contributed by atoms with Crippen molar-refractivity contribution in [2.45, 2.75) is 25.4 Å². The van der Waals surface area contributed by atoms with Crippen LogP contribution in [0.1, 0.15) is 19.3 Å². The van der Waals surface area contributed by atoms with Gasteiger partial charge in [-0.2, -0.15) is 0 Å². The Bertz CT molecular complexity index is 213. The van der Waals surface area contributed by atoms with Crippen molar-refractivity contribution in [3.05, 3.63) is 0 Å². The van der Waals surface area contributed by atoms with Gasteiger partial charge in [0.15, 0.2) is 5.96 Å². The van der Waals surface area contributed by atoms with E-state index in [1.54, 1.807) is 4.90 Å². The second-order valence-corrected chi connectivity index (χ2v) is 4.20. The van der Waals surface area contributed by atoms with E-state index >= 15 is 0 Å². The molecular weight excluding hydrogens is 206 g/mol. The summed E-state index contributed by atoms with van der Waals surface area (Å²) in [5, 5.41) is 0. The lowest BCUT2D eigenvalue weighted by molar-refractivity contribution is 0.0170. The van der Waals surface area contributed by atoms with Crippen molar-refractivity contribution in [3.8, 4) is 0 Å². The molecule has 0 aromatic carbocycles. The molecule has 1 heterocycles. The van der Waals surface area contributed by atoms with Crippen molar-refractivity contribution in [2.24, 2.45) is 10.7 Å². The fourth-order valence-electron chi connectivity index (χ4n) is 1.49. The Kier molecular flexibility index (Phi) is 6.18. The molecule has 0 aliphatic carbocycles. The standard InChI is InChI=1S/C11H23N3O2/c1-14(2)11(12)13-6-4-7-15-9-10-5-3-8-16-10/h10H,3-9H2,1-2H3,(H2,12,13). The van der Waals surface area contributed by atoms with Gasteiger partial charge in [0.2, 0.25) is 0 Å². The quantitative estimate of drug-likeness (QED) is 0.408. The Hall–Kier alpha value is -0.810. The topological polar surface area (TPSA) is 60.1 Å². The first-order valence-electron chi connectivity index (χ1n) is 5.86. The third-order valence-electron chi connectivity index (χ3n) is 2.51. The van der Waals surface area contributed by atoms with Gasteiger partial charge in [0, 0.05) is 33.9 Å². The van der Waals surface area contributed by atoms with Crippen molar-refractivity contribution in [1.29, 1.82) is 0 Å². The van der Waals surface area contributed by atoms with Gasteiger partial charge in [-0.05, 0) is 19.3 Å². The molecule has 0 aromatic heterocycles. The van der Waals surface area contributed by atoms with Crippen LogP contribution in [-0.2, 0) is 9.47 Å². The van der Waals surface area contributed by atoms with E-state index in [0.717, 1.165) is 39.0 Å². The average molecular weight is 229 g/mol. The molecule has 1 fully saturated rings. The maximum absolute atomic E-state index is 5.65. The lowest BCUT2D eigenvalue weighted by atomic mass is 10.2. The zero-order valence-electron chi connectivity index (χ0n) is 10.3. The highest BCUT2D eigenvalue weighted by atomic mass is 16.5. The molecule has 5 nitrogen and oxygen atoms in total. The predicted octanol–water partition coefficient (Wildman–Crippen LogP) is 0.448. The molecule has 0 amide bonds. The molecule has 0 aromatic rings. The molecule has 2 N–H and O–H groups in total. The first kappa shape index (κ1) is 13.3. The third-order valence-corrected chi connectivity index (χ3v) is 2.51. The van der Waals surface area contributed by atoms with Crippen LogP contribution in [0, 0.1) is 0 Å². The van der Waals surface area contributed by atoms with Gasteiger partial charge >= 0.3 is 0 Å². The zero-order valence-corrected chi connectivity index (χ0v) is 10.3. The molecule has 1 aliphatic heterocycles. The molecule has 0 spiro atoms. The third kappa shape index (κ3) is 5.32. The van der Waals surface area contributed by atoms with Crippen LogP contribution >= 0.6 is 0 Å². The maximum atomic E-state index is 5.65. The van der Waals surface area contributed by atoms with Gasteiger partial charge in [-0.3, -0.25) is 4.99 Å². The highest BCUT2D eigenvalue weighted by Gasteiger charge is 2.14. The maximum Gasteiger partial charge on any atom is 0.190 e. The lowest BCUT2D eigenvalue weighted by Gasteiger charge is -2.11. The number of nitrogens with two attached hydrogens (primary N) is 1. The smallest absolute Gasteiger partial charge is 0.190 e. The highest BCUT2D eigenvalue weighted by molar-refractivity contribution is 5.77. The van der Waals surface area contributed by atoms with Crippen LogP contribution in [0.4, 0.5) is 0 Å². The summed E-state index contributed by atoms with van der Waals surface area (Å²) < 4.78 is 11.0. The molecule has 0 radical (unpaired) electrons. The number of rotatable bonds is 6. The number of aliphatic imine (C=N–C) groups is 1. The van der Waals surface area contributed by atoms with Crippen molar-refractivity contribution < 1.29 is 9.47 Å². The second kappa shape index (κ2) is 7.46. The molecule has 1 rings (SSSR count). The largest absolute Gasteiger partial charge is 0.379 e. The van der Waals surface area contributed by atoms with Gasteiger partial charge in [0.05, 0.1) is 12.7 Å². The number of ether oxygens (including phenoxy) is 2. The number of hydrogen-bond acceptors (Lipinski definition) is 3. The summed E-state index contributed by atoms with van der Waals surface area (Å²) in [7, 11) is 3.76. The minimum atomic E-state index is 0.315. The zero-order chi connectivity index (χ0) is 11.8. The molecular formula is C11H23N3O2. The average Bonchev–Trinajstić information content (AvgIpc) is 2.75. The molecule has 5 heteroatoms. The normalized spacial score (nSPS) is 21.4. The Labute approximate surface area is 97.6 Å². The van der Waals surface area contributed by atoms with Gasteiger partial charge in [0.25, 0.3) is 0 Å². The molecule has 1 saturated heterocycles. The van der Waals surface area contributed by atoms with Gasteiger partial charge in [-0.1, -0.05) is 0 Å². The number of guanidine groups is 1. The Morgan fingerprint density at radius 2 is 2.38 bits per heavy atom. The van der Waals surface area contributed by atoms with E-state index in [1.807, 2.05) is 14.1 Å². The number of hydrogen-bond donors (Lipinski definition) is 1. The van der Waals surface area contributed by atoms with E-state index < -0.39 is 0 Å². The van der Waals surface area contributed by atoms with E-state index in [0.29, 0.717) is 18.7 Å². The molecule has 0 saturated carbocycles. The molecule has 1 unspecified atom stereocenters. The molecule has 1 atom stereocenters. The Morgan fingerprint density at radius 1 is 1.56 bits per heavy atom. The van der Waals surface area contributed by atoms with Gasteiger partial charge < -0.3 is 20.1 Å². The second-order valence-electron chi connectivity index (χ2n) is 4.20. The van der Waals surface area contributed by atoms with Crippen molar-refractivity contribution in [2.75, 3.05) is 40.5 Å². The van der Waals surface area contributed by atoms with Crippen molar-refractivity contribution in [1.82, 2.24) is 4.90 Å². The first-order valence-corrected chi connectivity index (χ1v) is 5.86. The van der Waals surface area contributed by atoms with Gasteiger partial charge in [-0.15, -0.1) is 0 Å². The fraction of sp³-hybridized carbons (Fsp3) is 0.909. The summed E-state index contributed by atoms with van der Waals surface area (Å²) in [5.74, 6) is 0.569. The summed E-state index contributed by atoms with van der Waals surface area (Å²) in [6.07, 6.45) is 3.51. The lowest BCUT2D eigenvalue weighted by Crippen LogP contribution is -2.30. The molecule has 1 aliphatic rings. The van der Waals surface area contributed by atoms with E-state index in [2.05, 4.69) is 4.99 Å². The fourth-order valence-corrected chi connectivity index (χ4v) is 1.49. The van der Waals surface area contributed by atoms with Gasteiger partial charge in [-0.25, -0.2) is 0 Å². The first-order chi connectivity index (χ1) is 7.70. The van der Waals surface area contributed by atoms with Crippen LogP contribution in [-0.4, -0.2) is 57.4 Å². The van der Waals surface area contributed by atoms with Gasteiger partial charge in [0.1, 0.15) is 0 Å². The minimum absolute atomic E-state index is 0.315. The Morgan fingerprint density at radius 3 is 3.00 bits per heavy atom. The Balaban J connectivity index is 1.93. The van der Waals surface area contributed by atoms with Crippen LogP contribution in [0.25, 0.3) is 0 Å². The summed E-state index contributed by atoms with van der Waals surface area (Å²) in [5.41, 5.74) is 5.65. The number of nitrogens with zero attached hydrogens (tertiary/aromatic N) is 2. The summed E-state index contributed by atoms with van der Waals surface area (Å²) >= 11 is 0. The van der Waals surface area contributed by atoms with Crippen LogP contribution in [0.15, 0.2) is 4.99 Å². The van der Waals surface area contributed by atoms with Crippen LogP contribution in [0.2, 0.25) is 0 Å². The molecule has 16 heavy (non-hydrogen) atoms. The molecule has 0 bridgehead atoms. The summed E-state index contributed by atoms with van der Waals surface area (Å²) in [4.78, 5) is 6.00. The van der Waals surface area contributed by atoms with E-state index in [1.165, 1.54) is 0 Å². The van der Waals surface area contributed by atoms with Crippen LogP contribution in [0.5, 0.6) is 0 Å². The van der Waals surface area contributed by atoms with Crippen LogP contribution in [0.3, 0.4) is 0 Å². The van der Waals surface area contributed by atoms with Crippen molar-refractivity contribution >= 4 is 5.96 Å². The minimum Gasteiger partial charge on any atom is -0.379 e. The SMILES string of the molecule is CN(C)C(N)=NCCCOCC1CCCO1. The van der Waals surface area contributed by atoms with Crippen molar-refractivity contribution in [3.63, 3.8) is 0 Å². The predicted molar refractivity (Wildman–Crippen MR) is 64.6 cm³/mol. The van der Waals surface area contributed by atoms with E-state index in [-0.39, 0.29) is 0 Å². The van der Waals surface area contributed by atoms with Crippen LogP contribution < -0.4 is 5.73 Å². The molecule has 94 valence electrons. The summed E-state index contributed by atoms with van der Waals surface area (Å²) in [6.45, 7) is 3.05. The summed E-state index contributed by atoms with van der Waals surface area (Å²) in [6, 6.07) is 0. The highest BCUT2D eigenvalue weighted by Crippen LogP contribution is 2.11. The van der Waals surface area contributed by atoms with E-state index in [4.69, 9.17) is 15.2 Å². The van der Waals surface area contributed by atoms with E-state index in [9.17, 15) is 0 Å².